The monoisotopic (exact) mass is 385 g/mol. The second kappa shape index (κ2) is 7.98. The molecule has 1 aromatic carbocycles. The molecule has 0 N–H and O–H groups in total. The van der Waals surface area contributed by atoms with Gasteiger partial charge < -0.3 is 18.5 Å². The molecular weight excluding hydrogens is 366 g/mol. The van der Waals surface area contributed by atoms with Gasteiger partial charge in [-0.1, -0.05) is 30.3 Å². The first-order valence-electron chi connectivity index (χ1n) is 8.68. The van der Waals surface area contributed by atoms with Gasteiger partial charge in [-0.2, -0.15) is 0 Å². The lowest BCUT2D eigenvalue weighted by Crippen LogP contribution is -2.42. The van der Waals surface area contributed by atoms with Crippen molar-refractivity contribution in [1.29, 1.82) is 0 Å². The Morgan fingerprint density at radius 3 is 2.63 bits per heavy atom. The number of furan rings is 1. The number of carbonyl (C=O) groups excluding carboxylic acids is 1. The van der Waals surface area contributed by atoms with Crippen LogP contribution in [0.25, 0.3) is 11.5 Å². The third-order valence-corrected chi connectivity index (χ3v) is 5.44. The van der Waals surface area contributed by atoms with Crippen molar-refractivity contribution >= 4 is 17.7 Å². The Labute approximate surface area is 160 Å². The molecule has 8 heteroatoms. The van der Waals surface area contributed by atoms with Crippen LogP contribution in [0.3, 0.4) is 0 Å². The van der Waals surface area contributed by atoms with Gasteiger partial charge in [0.25, 0.3) is 11.1 Å². The largest absolute Gasteiger partial charge is 0.469 e. The summed E-state index contributed by atoms with van der Waals surface area (Å²) in [5.41, 5.74) is 1.66. The summed E-state index contributed by atoms with van der Waals surface area (Å²) in [5.74, 6) is 1.11. The number of ether oxygens (including phenoxy) is 1. The second-order valence-corrected chi connectivity index (χ2v) is 7.17. The predicted molar refractivity (Wildman–Crippen MR) is 99.2 cm³/mol. The Morgan fingerprint density at radius 1 is 1.15 bits per heavy atom. The molecule has 7 nitrogen and oxygen atoms in total. The van der Waals surface area contributed by atoms with E-state index in [0.717, 1.165) is 11.1 Å². The number of aryl methyl sites for hydroxylation is 1. The molecule has 1 amide bonds. The summed E-state index contributed by atoms with van der Waals surface area (Å²) >= 11 is 1.26. The highest BCUT2D eigenvalue weighted by Gasteiger charge is 2.30. The SMILES string of the molecule is Cc1occc1-c1nnc(S[C@@H](C(=O)N2CCOCC2)c2ccccc2)o1. The number of thioether (sulfide) groups is 1. The van der Waals surface area contributed by atoms with Crippen molar-refractivity contribution in [2.45, 2.75) is 17.4 Å². The van der Waals surface area contributed by atoms with Crippen LogP contribution in [0.15, 0.2) is 56.7 Å². The van der Waals surface area contributed by atoms with E-state index in [2.05, 4.69) is 10.2 Å². The Hall–Kier alpha value is -2.58. The van der Waals surface area contributed by atoms with Gasteiger partial charge in [0.1, 0.15) is 11.0 Å². The molecule has 1 aliphatic rings. The number of benzene rings is 1. The lowest BCUT2D eigenvalue weighted by atomic mass is 10.1. The minimum absolute atomic E-state index is 0.0220. The highest BCUT2D eigenvalue weighted by molar-refractivity contribution is 8.00. The van der Waals surface area contributed by atoms with Crippen LogP contribution in [-0.2, 0) is 9.53 Å². The van der Waals surface area contributed by atoms with Gasteiger partial charge in [-0.05, 0) is 30.3 Å². The van der Waals surface area contributed by atoms with Crippen LogP contribution in [-0.4, -0.2) is 47.3 Å². The van der Waals surface area contributed by atoms with E-state index in [4.69, 9.17) is 13.6 Å². The number of morpholine rings is 1. The van der Waals surface area contributed by atoms with Gasteiger partial charge in [-0.25, -0.2) is 0 Å². The zero-order valence-corrected chi connectivity index (χ0v) is 15.6. The quantitative estimate of drug-likeness (QED) is 0.623. The molecule has 3 heterocycles. The summed E-state index contributed by atoms with van der Waals surface area (Å²) in [6.45, 7) is 4.13. The van der Waals surface area contributed by atoms with Crippen LogP contribution in [0.1, 0.15) is 16.6 Å². The van der Waals surface area contributed by atoms with Crippen LogP contribution < -0.4 is 0 Å². The first-order chi connectivity index (χ1) is 13.2. The Bertz CT molecular complexity index is 903. The highest BCUT2D eigenvalue weighted by atomic mass is 32.2. The summed E-state index contributed by atoms with van der Waals surface area (Å²) < 4.78 is 16.4. The molecule has 1 saturated heterocycles. The number of amides is 1. The molecule has 0 aliphatic carbocycles. The van der Waals surface area contributed by atoms with E-state index in [0.29, 0.717) is 43.2 Å². The Kier molecular flexibility index (Phi) is 5.26. The smallest absolute Gasteiger partial charge is 0.277 e. The maximum atomic E-state index is 13.1. The Morgan fingerprint density at radius 2 is 1.93 bits per heavy atom. The fourth-order valence-corrected chi connectivity index (χ4v) is 3.87. The minimum Gasteiger partial charge on any atom is -0.469 e. The van der Waals surface area contributed by atoms with Crippen molar-refractivity contribution < 1.29 is 18.4 Å². The molecule has 3 aromatic rings. The molecule has 1 fully saturated rings. The summed E-state index contributed by atoms with van der Waals surface area (Å²) in [4.78, 5) is 15.0. The van der Waals surface area contributed by atoms with Crippen molar-refractivity contribution in [3.63, 3.8) is 0 Å². The average Bonchev–Trinajstić information content (AvgIpc) is 3.35. The Balaban J connectivity index is 1.59. The van der Waals surface area contributed by atoms with Crippen LogP contribution in [0.4, 0.5) is 0 Å². The summed E-state index contributed by atoms with van der Waals surface area (Å²) in [6, 6.07) is 11.4. The molecule has 2 aromatic heterocycles. The van der Waals surface area contributed by atoms with Gasteiger partial charge in [0, 0.05) is 13.1 Å². The van der Waals surface area contributed by atoms with E-state index < -0.39 is 5.25 Å². The molecule has 0 unspecified atom stereocenters. The van der Waals surface area contributed by atoms with Crippen LogP contribution in [0.2, 0.25) is 0 Å². The van der Waals surface area contributed by atoms with E-state index in [1.165, 1.54) is 11.8 Å². The second-order valence-electron chi connectivity index (χ2n) is 6.11. The lowest BCUT2D eigenvalue weighted by molar-refractivity contribution is -0.134. The van der Waals surface area contributed by atoms with Gasteiger partial charge in [-0.15, -0.1) is 10.2 Å². The summed E-state index contributed by atoms with van der Waals surface area (Å²) in [6.07, 6.45) is 1.58. The van der Waals surface area contributed by atoms with E-state index in [9.17, 15) is 4.79 Å². The van der Waals surface area contributed by atoms with Gasteiger partial charge in [0.2, 0.25) is 5.91 Å². The maximum Gasteiger partial charge on any atom is 0.277 e. The van der Waals surface area contributed by atoms with Crippen molar-refractivity contribution in [3.05, 3.63) is 54.0 Å². The third-order valence-electron chi connectivity index (χ3n) is 4.36. The molecule has 0 saturated carbocycles. The number of hydrogen-bond acceptors (Lipinski definition) is 7. The van der Waals surface area contributed by atoms with Crippen molar-refractivity contribution in [3.8, 4) is 11.5 Å². The van der Waals surface area contributed by atoms with Crippen molar-refractivity contribution in [2.75, 3.05) is 26.3 Å². The number of carbonyl (C=O) groups is 1. The van der Waals surface area contributed by atoms with Gasteiger partial charge >= 0.3 is 0 Å². The lowest BCUT2D eigenvalue weighted by Gasteiger charge is -2.29. The minimum atomic E-state index is -0.456. The average molecular weight is 385 g/mol. The zero-order chi connectivity index (χ0) is 18.6. The normalized spacial score (nSPS) is 15.7. The highest BCUT2D eigenvalue weighted by Crippen LogP contribution is 2.37. The topological polar surface area (TPSA) is 81.6 Å². The van der Waals surface area contributed by atoms with E-state index >= 15 is 0 Å². The predicted octanol–water partition coefficient (Wildman–Crippen LogP) is 3.33. The maximum absolute atomic E-state index is 13.1. The number of rotatable bonds is 5. The first kappa shape index (κ1) is 17.8. The molecule has 1 aliphatic heterocycles. The zero-order valence-electron chi connectivity index (χ0n) is 14.8. The van der Waals surface area contributed by atoms with Crippen LogP contribution in [0.5, 0.6) is 0 Å². The van der Waals surface area contributed by atoms with Gasteiger partial charge in [-0.3, -0.25) is 4.79 Å². The molecule has 0 spiro atoms. The fraction of sp³-hybridized carbons (Fsp3) is 0.316. The van der Waals surface area contributed by atoms with E-state index in [1.54, 1.807) is 12.3 Å². The molecule has 27 heavy (non-hydrogen) atoms. The van der Waals surface area contributed by atoms with Crippen LogP contribution >= 0.6 is 11.8 Å². The molecule has 1 atom stereocenters. The standard InChI is InChI=1S/C19H19N3O4S/c1-13-15(7-10-25-13)17-20-21-19(26-17)27-16(14-5-3-2-4-6-14)18(23)22-8-11-24-12-9-22/h2-7,10,16H,8-9,11-12H2,1H3/t16-/m1/s1. The molecular formula is C19H19N3O4S. The third kappa shape index (κ3) is 3.91. The molecule has 4 rings (SSSR count). The van der Waals surface area contributed by atoms with Gasteiger partial charge in [0.05, 0.1) is 25.0 Å². The van der Waals surface area contributed by atoms with Crippen LogP contribution in [0, 0.1) is 6.92 Å². The summed E-state index contributed by atoms with van der Waals surface area (Å²) in [7, 11) is 0. The van der Waals surface area contributed by atoms with Crippen molar-refractivity contribution in [2.24, 2.45) is 0 Å². The molecule has 0 bridgehead atoms. The van der Waals surface area contributed by atoms with E-state index in [1.807, 2.05) is 42.2 Å². The molecule has 0 radical (unpaired) electrons. The number of aromatic nitrogens is 2. The van der Waals surface area contributed by atoms with E-state index in [-0.39, 0.29) is 5.91 Å². The first-order valence-corrected chi connectivity index (χ1v) is 9.56. The number of hydrogen-bond donors (Lipinski definition) is 0. The summed E-state index contributed by atoms with van der Waals surface area (Å²) in [5, 5.41) is 8.10. The molecule has 140 valence electrons. The number of nitrogens with zero attached hydrogens (tertiary/aromatic N) is 3. The fourth-order valence-electron chi connectivity index (χ4n) is 2.91. The van der Waals surface area contributed by atoms with Gasteiger partial charge in [0.15, 0.2) is 0 Å². The van der Waals surface area contributed by atoms with Crippen molar-refractivity contribution in [1.82, 2.24) is 15.1 Å².